The molecule has 0 bridgehead atoms. The number of benzene rings is 3. The van der Waals surface area contributed by atoms with Crippen LogP contribution in [0, 0.1) is 0 Å². The number of aromatic nitrogens is 2. The van der Waals surface area contributed by atoms with Crippen molar-refractivity contribution in [3.05, 3.63) is 90.0 Å². The van der Waals surface area contributed by atoms with Crippen molar-refractivity contribution in [3.8, 4) is 28.2 Å². The van der Waals surface area contributed by atoms with Crippen LogP contribution in [-0.2, 0) is 9.84 Å². The van der Waals surface area contributed by atoms with E-state index in [4.69, 9.17) is 16.7 Å². The first-order valence-corrected chi connectivity index (χ1v) is 10.9. The summed E-state index contributed by atoms with van der Waals surface area (Å²) < 4.78 is 25.3. The minimum atomic E-state index is -3.27. The molecule has 0 N–H and O–H groups in total. The zero-order chi connectivity index (χ0) is 19.7. The number of hydrogen-bond acceptors (Lipinski definition) is 3. The average Bonchev–Trinajstić information content (AvgIpc) is 3.06. The first kappa shape index (κ1) is 18.5. The third-order valence-electron chi connectivity index (χ3n) is 4.43. The summed E-state index contributed by atoms with van der Waals surface area (Å²) in [6.07, 6.45) is 1.19. The van der Waals surface area contributed by atoms with Gasteiger partial charge in [0.1, 0.15) is 5.69 Å². The van der Waals surface area contributed by atoms with E-state index in [-0.39, 0.29) is 4.90 Å². The standard InChI is InChI=1S/C22H17ClN2O2S/c1-28(26,27)19-14-12-18(13-15-19)25-22(17-10-6-3-7-11-17)20(23)21(24-25)16-8-4-2-5-9-16/h2-15H,1H3. The summed E-state index contributed by atoms with van der Waals surface area (Å²) in [5, 5.41) is 5.30. The monoisotopic (exact) mass is 408 g/mol. The Morgan fingerprint density at radius 2 is 1.32 bits per heavy atom. The van der Waals surface area contributed by atoms with Gasteiger partial charge in [-0.3, -0.25) is 0 Å². The highest BCUT2D eigenvalue weighted by Gasteiger charge is 2.20. The lowest BCUT2D eigenvalue weighted by Gasteiger charge is -2.09. The highest BCUT2D eigenvalue weighted by atomic mass is 35.5. The lowest BCUT2D eigenvalue weighted by Crippen LogP contribution is -2.01. The van der Waals surface area contributed by atoms with Crippen molar-refractivity contribution in [2.24, 2.45) is 0 Å². The van der Waals surface area contributed by atoms with Crippen LogP contribution < -0.4 is 0 Å². The molecule has 6 heteroatoms. The minimum Gasteiger partial charge on any atom is -0.231 e. The normalized spacial score (nSPS) is 11.5. The molecule has 0 aliphatic rings. The molecule has 4 rings (SSSR count). The molecule has 0 fully saturated rings. The van der Waals surface area contributed by atoms with Crippen molar-refractivity contribution >= 4 is 21.4 Å². The molecular weight excluding hydrogens is 392 g/mol. The number of rotatable bonds is 4. The summed E-state index contributed by atoms with van der Waals surface area (Å²) in [4.78, 5) is 0.263. The molecule has 0 aliphatic carbocycles. The van der Waals surface area contributed by atoms with Crippen molar-refractivity contribution in [1.29, 1.82) is 0 Å². The molecule has 3 aromatic carbocycles. The highest BCUT2D eigenvalue weighted by molar-refractivity contribution is 7.90. The van der Waals surface area contributed by atoms with Crippen molar-refractivity contribution < 1.29 is 8.42 Å². The van der Waals surface area contributed by atoms with Crippen molar-refractivity contribution in [2.45, 2.75) is 4.90 Å². The topological polar surface area (TPSA) is 52.0 Å². The van der Waals surface area contributed by atoms with E-state index in [2.05, 4.69) is 0 Å². The predicted octanol–water partition coefficient (Wildman–Crippen LogP) is 5.26. The van der Waals surface area contributed by atoms with Crippen molar-refractivity contribution in [2.75, 3.05) is 6.26 Å². The molecule has 0 aliphatic heterocycles. The Balaban J connectivity index is 1.93. The number of sulfone groups is 1. The number of nitrogens with zero attached hydrogens (tertiary/aromatic N) is 2. The zero-order valence-corrected chi connectivity index (χ0v) is 16.7. The van der Waals surface area contributed by atoms with Gasteiger partial charge in [0.25, 0.3) is 0 Å². The molecule has 0 radical (unpaired) electrons. The maximum absolute atomic E-state index is 11.8. The van der Waals surface area contributed by atoms with Crippen LogP contribution in [0.3, 0.4) is 0 Å². The number of halogens is 1. The molecule has 0 atom stereocenters. The van der Waals surface area contributed by atoms with Crippen LogP contribution in [0.4, 0.5) is 0 Å². The summed E-state index contributed by atoms with van der Waals surface area (Å²) in [5.74, 6) is 0. The Labute approximate surface area is 169 Å². The van der Waals surface area contributed by atoms with Gasteiger partial charge < -0.3 is 0 Å². The molecule has 140 valence electrons. The zero-order valence-electron chi connectivity index (χ0n) is 15.1. The second kappa shape index (κ2) is 7.26. The van der Waals surface area contributed by atoms with Gasteiger partial charge in [0.05, 0.1) is 21.3 Å². The summed E-state index contributed by atoms with van der Waals surface area (Å²) in [7, 11) is -3.27. The van der Waals surface area contributed by atoms with E-state index in [1.807, 2.05) is 60.7 Å². The van der Waals surface area contributed by atoms with Gasteiger partial charge >= 0.3 is 0 Å². The Morgan fingerprint density at radius 1 is 0.786 bits per heavy atom. The molecular formula is C22H17ClN2O2S. The highest BCUT2D eigenvalue weighted by Crippen LogP contribution is 2.37. The molecule has 1 heterocycles. The van der Waals surface area contributed by atoms with E-state index in [1.165, 1.54) is 6.26 Å². The van der Waals surface area contributed by atoms with Gasteiger partial charge in [-0.1, -0.05) is 72.3 Å². The van der Waals surface area contributed by atoms with Crippen LogP contribution in [-0.4, -0.2) is 24.5 Å². The lowest BCUT2D eigenvalue weighted by molar-refractivity contribution is 0.602. The van der Waals surface area contributed by atoms with E-state index in [0.717, 1.165) is 22.5 Å². The molecule has 0 saturated carbocycles. The summed E-state index contributed by atoms with van der Waals surface area (Å²) in [5.41, 5.74) is 4.00. The van der Waals surface area contributed by atoms with Gasteiger partial charge in [0.2, 0.25) is 0 Å². The van der Waals surface area contributed by atoms with E-state index < -0.39 is 9.84 Å². The Kier molecular flexibility index (Phi) is 4.79. The molecule has 0 unspecified atom stereocenters. The molecule has 0 amide bonds. The molecule has 4 nitrogen and oxygen atoms in total. The fourth-order valence-electron chi connectivity index (χ4n) is 3.05. The fourth-order valence-corrected chi connectivity index (χ4v) is 4.01. The maximum Gasteiger partial charge on any atom is 0.175 e. The van der Waals surface area contributed by atoms with Crippen LogP contribution in [0.15, 0.2) is 89.8 Å². The van der Waals surface area contributed by atoms with Gasteiger partial charge in [0.15, 0.2) is 9.84 Å². The molecule has 0 spiro atoms. The third-order valence-corrected chi connectivity index (χ3v) is 5.92. The maximum atomic E-state index is 11.8. The van der Waals surface area contributed by atoms with Crippen molar-refractivity contribution in [1.82, 2.24) is 9.78 Å². The Morgan fingerprint density at radius 3 is 1.86 bits per heavy atom. The lowest BCUT2D eigenvalue weighted by atomic mass is 10.1. The van der Waals surface area contributed by atoms with Crippen LogP contribution in [0.25, 0.3) is 28.2 Å². The Hall–Kier alpha value is -2.89. The van der Waals surface area contributed by atoms with E-state index >= 15 is 0 Å². The summed E-state index contributed by atoms with van der Waals surface area (Å²) in [6, 6.07) is 26.1. The minimum absolute atomic E-state index is 0.263. The van der Waals surface area contributed by atoms with Crippen LogP contribution in [0.2, 0.25) is 5.02 Å². The molecule has 4 aromatic rings. The van der Waals surface area contributed by atoms with Crippen molar-refractivity contribution in [3.63, 3.8) is 0 Å². The molecule has 28 heavy (non-hydrogen) atoms. The van der Waals surface area contributed by atoms with Crippen LogP contribution >= 0.6 is 11.6 Å². The van der Waals surface area contributed by atoms with E-state index in [0.29, 0.717) is 10.7 Å². The van der Waals surface area contributed by atoms with E-state index in [1.54, 1.807) is 28.9 Å². The van der Waals surface area contributed by atoms with Gasteiger partial charge in [0, 0.05) is 17.4 Å². The summed E-state index contributed by atoms with van der Waals surface area (Å²) in [6.45, 7) is 0. The number of hydrogen-bond donors (Lipinski definition) is 0. The van der Waals surface area contributed by atoms with Gasteiger partial charge in [-0.05, 0) is 24.3 Å². The van der Waals surface area contributed by atoms with Crippen LogP contribution in [0.5, 0.6) is 0 Å². The SMILES string of the molecule is CS(=O)(=O)c1ccc(-n2nc(-c3ccccc3)c(Cl)c2-c2ccccc2)cc1. The van der Waals surface area contributed by atoms with Gasteiger partial charge in [-0.25, -0.2) is 13.1 Å². The second-order valence-electron chi connectivity index (χ2n) is 6.42. The van der Waals surface area contributed by atoms with Crippen LogP contribution in [0.1, 0.15) is 0 Å². The average molecular weight is 409 g/mol. The molecule has 1 aromatic heterocycles. The predicted molar refractivity (Wildman–Crippen MR) is 113 cm³/mol. The molecule has 0 saturated heterocycles. The largest absolute Gasteiger partial charge is 0.231 e. The Bertz CT molecular complexity index is 1220. The smallest absolute Gasteiger partial charge is 0.175 e. The third kappa shape index (κ3) is 3.46. The van der Waals surface area contributed by atoms with Gasteiger partial charge in [-0.15, -0.1) is 0 Å². The summed E-state index contributed by atoms with van der Waals surface area (Å²) >= 11 is 6.77. The first-order chi connectivity index (χ1) is 13.4. The van der Waals surface area contributed by atoms with Gasteiger partial charge in [-0.2, -0.15) is 5.10 Å². The first-order valence-electron chi connectivity index (χ1n) is 8.65. The fraction of sp³-hybridized carbons (Fsp3) is 0.0455. The second-order valence-corrected chi connectivity index (χ2v) is 8.81. The van der Waals surface area contributed by atoms with E-state index in [9.17, 15) is 8.42 Å². The quantitative estimate of drug-likeness (QED) is 0.462.